The van der Waals surface area contributed by atoms with Gasteiger partial charge >= 0.3 is 6.16 Å². The van der Waals surface area contributed by atoms with Crippen molar-refractivity contribution in [2.24, 2.45) is 0 Å². The number of rotatable bonds is 12. The van der Waals surface area contributed by atoms with E-state index in [1.54, 1.807) is 7.11 Å². The monoisotopic (exact) mass is 266 g/mol. The Bertz CT molecular complexity index is 186. The highest BCUT2D eigenvalue weighted by molar-refractivity contribution is 5.59. The molecule has 0 aromatic carbocycles. The van der Waals surface area contributed by atoms with Gasteiger partial charge in [-0.1, -0.05) is 0 Å². The molecule has 0 aliphatic carbocycles. The molecule has 0 atom stereocenters. The first-order valence-electron chi connectivity index (χ1n) is 5.74. The van der Waals surface area contributed by atoms with Crippen LogP contribution in [0.2, 0.25) is 0 Å². The highest BCUT2D eigenvalue weighted by Gasteiger charge is 1.98. The number of methoxy groups -OCH3 is 2. The molecule has 0 aliphatic rings. The van der Waals surface area contributed by atoms with Gasteiger partial charge < -0.3 is 28.4 Å². The molecule has 0 amide bonds. The zero-order chi connectivity index (χ0) is 13.5. The molecule has 0 bridgehead atoms. The summed E-state index contributed by atoms with van der Waals surface area (Å²) in [6, 6.07) is 0. The summed E-state index contributed by atoms with van der Waals surface area (Å²) in [7, 11) is 2.88. The molecule has 0 heterocycles. The SMILES string of the molecule is COCCOCCOCCOCCOC(=O)OC. The van der Waals surface area contributed by atoms with Gasteiger partial charge in [-0.3, -0.25) is 0 Å². The first-order chi connectivity index (χ1) is 8.81. The first kappa shape index (κ1) is 17.1. The molecule has 0 aromatic heterocycles. The van der Waals surface area contributed by atoms with E-state index >= 15 is 0 Å². The summed E-state index contributed by atoms with van der Waals surface area (Å²) in [5, 5.41) is 0. The van der Waals surface area contributed by atoms with Crippen molar-refractivity contribution in [2.75, 3.05) is 67.1 Å². The summed E-state index contributed by atoms with van der Waals surface area (Å²) < 4.78 is 29.3. The number of carbonyl (C=O) groups is 1. The van der Waals surface area contributed by atoms with Crippen molar-refractivity contribution in [1.82, 2.24) is 0 Å². The lowest BCUT2D eigenvalue weighted by Crippen LogP contribution is -2.14. The Hall–Kier alpha value is -0.890. The van der Waals surface area contributed by atoms with Crippen molar-refractivity contribution in [1.29, 1.82) is 0 Å². The maximum absolute atomic E-state index is 10.5. The van der Waals surface area contributed by atoms with Gasteiger partial charge in [-0.2, -0.15) is 0 Å². The Morgan fingerprint density at radius 1 is 0.722 bits per heavy atom. The summed E-state index contributed by atoms with van der Waals surface area (Å²) in [4.78, 5) is 10.5. The van der Waals surface area contributed by atoms with Crippen molar-refractivity contribution in [3.63, 3.8) is 0 Å². The Kier molecular flexibility index (Phi) is 13.5. The van der Waals surface area contributed by atoms with E-state index in [1.165, 1.54) is 7.11 Å². The molecule has 0 unspecified atom stereocenters. The maximum atomic E-state index is 10.5. The van der Waals surface area contributed by atoms with Crippen molar-refractivity contribution < 1.29 is 33.2 Å². The third-order valence-corrected chi connectivity index (χ3v) is 1.79. The van der Waals surface area contributed by atoms with E-state index in [0.29, 0.717) is 46.2 Å². The van der Waals surface area contributed by atoms with E-state index in [1.807, 2.05) is 0 Å². The van der Waals surface area contributed by atoms with Crippen LogP contribution in [0.25, 0.3) is 0 Å². The molecular formula is C11H22O7. The van der Waals surface area contributed by atoms with Crippen LogP contribution in [0.5, 0.6) is 0 Å². The van der Waals surface area contributed by atoms with Gasteiger partial charge in [0, 0.05) is 7.11 Å². The standard InChI is InChI=1S/C11H22O7/c1-13-3-4-15-5-6-16-7-8-17-9-10-18-11(12)14-2/h3-10H2,1-2H3. The van der Waals surface area contributed by atoms with Crippen molar-refractivity contribution >= 4 is 6.16 Å². The Balaban J connectivity index is 2.97. The Morgan fingerprint density at radius 3 is 1.61 bits per heavy atom. The van der Waals surface area contributed by atoms with Gasteiger partial charge in [0.25, 0.3) is 0 Å². The fourth-order valence-electron chi connectivity index (χ4n) is 0.927. The second kappa shape index (κ2) is 14.2. The van der Waals surface area contributed by atoms with E-state index < -0.39 is 6.16 Å². The third-order valence-electron chi connectivity index (χ3n) is 1.79. The lowest BCUT2D eigenvalue weighted by molar-refractivity contribution is -0.00651. The highest BCUT2D eigenvalue weighted by atomic mass is 16.7. The van der Waals surface area contributed by atoms with Crippen LogP contribution in [0.4, 0.5) is 4.79 Å². The van der Waals surface area contributed by atoms with Crippen LogP contribution in [0.15, 0.2) is 0 Å². The average Bonchev–Trinajstić information content (AvgIpc) is 2.39. The lowest BCUT2D eigenvalue weighted by Gasteiger charge is -2.06. The second-order valence-electron chi connectivity index (χ2n) is 3.13. The van der Waals surface area contributed by atoms with Crippen LogP contribution in [0, 0.1) is 0 Å². The number of hydrogen-bond donors (Lipinski definition) is 0. The van der Waals surface area contributed by atoms with Crippen LogP contribution < -0.4 is 0 Å². The summed E-state index contributed by atoms with van der Waals surface area (Å²) in [6.45, 7) is 3.63. The fraction of sp³-hybridized carbons (Fsp3) is 0.909. The van der Waals surface area contributed by atoms with Crippen molar-refractivity contribution in [3.05, 3.63) is 0 Å². The third kappa shape index (κ3) is 13.2. The van der Waals surface area contributed by atoms with Crippen LogP contribution in [0.3, 0.4) is 0 Å². The molecule has 18 heavy (non-hydrogen) atoms. The molecule has 0 fully saturated rings. The summed E-state index contributed by atoms with van der Waals surface area (Å²) >= 11 is 0. The fourth-order valence-corrected chi connectivity index (χ4v) is 0.927. The topological polar surface area (TPSA) is 72.5 Å². The minimum absolute atomic E-state index is 0.173. The van der Waals surface area contributed by atoms with Gasteiger partial charge in [-0.25, -0.2) is 4.79 Å². The van der Waals surface area contributed by atoms with E-state index in [2.05, 4.69) is 9.47 Å². The van der Waals surface area contributed by atoms with Crippen molar-refractivity contribution in [2.45, 2.75) is 0 Å². The molecule has 0 saturated heterocycles. The molecule has 0 aromatic rings. The van der Waals surface area contributed by atoms with Gasteiger partial charge in [0.1, 0.15) is 6.61 Å². The van der Waals surface area contributed by atoms with E-state index in [-0.39, 0.29) is 6.61 Å². The predicted molar refractivity (Wildman–Crippen MR) is 62.7 cm³/mol. The number of carbonyl (C=O) groups excluding carboxylic acids is 1. The molecule has 0 rings (SSSR count). The Morgan fingerprint density at radius 2 is 1.17 bits per heavy atom. The molecule has 0 radical (unpaired) electrons. The molecular weight excluding hydrogens is 244 g/mol. The van der Waals surface area contributed by atoms with E-state index in [9.17, 15) is 4.79 Å². The van der Waals surface area contributed by atoms with Crippen LogP contribution in [-0.4, -0.2) is 73.2 Å². The van der Waals surface area contributed by atoms with Crippen LogP contribution >= 0.6 is 0 Å². The maximum Gasteiger partial charge on any atom is 0.508 e. The summed E-state index contributed by atoms with van der Waals surface area (Å²) in [5.41, 5.74) is 0. The molecule has 7 nitrogen and oxygen atoms in total. The van der Waals surface area contributed by atoms with Gasteiger partial charge in [-0.15, -0.1) is 0 Å². The summed E-state index contributed by atoms with van der Waals surface area (Å²) in [6.07, 6.45) is -0.706. The van der Waals surface area contributed by atoms with Crippen LogP contribution in [-0.2, 0) is 28.4 Å². The minimum Gasteiger partial charge on any atom is -0.438 e. The molecule has 0 spiro atoms. The van der Waals surface area contributed by atoms with Gasteiger partial charge in [0.15, 0.2) is 0 Å². The zero-order valence-corrected chi connectivity index (χ0v) is 11.0. The lowest BCUT2D eigenvalue weighted by atomic mass is 10.7. The molecule has 0 N–H and O–H groups in total. The Labute approximate surface area is 107 Å². The summed E-state index contributed by atoms with van der Waals surface area (Å²) in [5.74, 6) is 0. The van der Waals surface area contributed by atoms with E-state index in [0.717, 1.165) is 0 Å². The molecule has 108 valence electrons. The molecule has 0 aliphatic heterocycles. The van der Waals surface area contributed by atoms with Gasteiger partial charge in [0.05, 0.1) is 53.4 Å². The second-order valence-corrected chi connectivity index (χ2v) is 3.13. The van der Waals surface area contributed by atoms with E-state index in [4.69, 9.17) is 18.9 Å². The van der Waals surface area contributed by atoms with Gasteiger partial charge in [0.2, 0.25) is 0 Å². The quantitative estimate of drug-likeness (QED) is 0.375. The number of ether oxygens (including phenoxy) is 6. The van der Waals surface area contributed by atoms with Crippen LogP contribution in [0.1, 0.15) is 0 Å². The minimum atomic E-state index is -0.706. The molecule has 7 heteroatoms. The van der Waals surface area contributed by atoms with Gasteiger partial charge in [-0.05, 0) is 0 Å². The average molecular weight is 266 g/mol. The number of hydrogen-bond acceptors (Lipinski definition) is 7. The normalized spacial score (nSPS) is 10.3. The largest absolute Gasteiger partial charge is 0.508 e. The smallest absolute Gasteiger partial charge is 0.438 e. The first-order valence-corrected chi connectivity index (χ1v) is 5.74. The molecule has 0 saturated carbocycles. The zero-order valence-electron chi connectivity index (χ0n) is 11.0. The predicted octanol–water partition coefficient (Wildman–Crippen LogP) is 0.466. The highest BCUT2D eigenvalue weighted by Crippen LogP contribution is 1.85. The van der Waals surface area contributed by atoms with Crippen molar-refractivity contribution in [3.8, 4) is 0 Å².